The number of imidazole rings is 1. The van der Waals surface area contributed by atoms with E-state index in [1.807, 2.05) is 30.9 Å². The molecule has 2 aromatic heterocycles. The lowest BCUT2D eigenvalue weighted by Crippen LogP contribution is -2.14. The number of nitrogens with zero attached hydrogens (tertiary/aromatic N) is 3. The molecule has 2 aromatic carbocycles. The number of rotatable bonds is 6. The number of carbonyl (C=O) groups excluding carboxylic acids is 1. The zero-order valence-electron chi connectivity index (χ0n) is 17.8. The molecule has 0 bridgehead atoms. The van der Waals surface area contributed by atoms with Gasteiger partial charge >= 0.3 is 0 Å². The summed E-state index contributed by atoms with van der Waals surface area (Å²) in [6, 6.07) is 10.3. The first-order valence-electron chi connectivity index (χ1n) is 10.1. The molecule has 0 aliphatic heterocycles. The molecule has 0 aliphatic rings. The second-order valence-electron chi connectivity index (χ2n) is 8.26. The zero-order chi connectivity index (χ0) is 21.4. The first-order valence-corrected chi connectivity index (χ1v) is 11.0. The van der Waals surface area contributed by atoms with Crippen molar-refractivity contribution >= 4 is 28.3 Å². The molecular weight excluding hydrogens is 392 g/mol. The Labute approximate surface area is 180 Å². The fourth-order valence-electron chi connectivity index (χ4n) is 3.86. The average molecular weight is 419 g/mol. The Morgan fingerprint density at radius 1 is 1.20 bits per heavy atom. The van der Waals surface area contributed by atoms with Crippen molar-refractivity contribution in [2.24, 2.45) is 18.7 Å². The molecule has 6 heteroatoms. The number of thiazole rings is 1. The molecule has 0 aliphatic carbocycles. The van der Waals surface area contributed by atoms with Crippen molar-refractivity contribution < 1.29 is 4.79 Å². The summed E-state index contributed by atoms with van der Waals surface area (Å²) in [5.41, 5.74) is 13.6. The minimum Gasteiger partial charge on any atom is -0.366 e. The van der Waals surface area contributed by atoms with Gasteiger partial charge in [-0.3, -0.25) is 4.79 Å². The highest BCUT2D eigenvalue weighted by Gasteiger charge is 2.15. The molecule has 154 valence electrons. The molecule has 4 aromatic rings. The zero-order valence-corrected chi connectivity index (χ0v) is 18.6. The molecule has 30 heavy (non-hydrogen) atoms. The Bertz CT molecular complexity index is 1240. The van der Waals surface area contributed by atoms with Crippen LogP contribution in [-0.4, -0.2) is 20.4 Å². The Kier molecular flexibility index (Phi) is 5.43. The van der Waals surface area contributed by atoms with Crippen LogP contribution in [0.5, 0.6) is 0 Å². The Balaban J connectivity index is 1.66. The van der Waals surface area contributed by atoms with Gasteiger partial charge in [0.05, 0.1) is 28.1 Å². The van der Waals surface area contributed by atoms with E-state index < -0.39 is 0 Å². The van der Waals surface area contributed by atoms with Crippen molar-refractivity contribution in [2.75, 3.05) is 0 Å². The Hall–Kier alpha value is -2.99. The summed E-state index contributed by atoms with van der Waals surface area (Å²) in [4.78, 5) is 21.2. The van der Waals surface area contributed by atoms with E-state index in [-0.39, 0.29) is 5.91 Å². The second kappa shape index (κ2) is 8.03. The van der Waals surface area contributed by atoms with Crippen molar-refractivity contribution in [3.8, 4) is 11.3 Å². The molecule has 2 heterocycles. The van der Waals surface area contributed by atoms with Gasteiger partial charge in [-0.2, -0.15) is 0 Å². The van der Waals surface area contributed by atoms with Crippen molar-refractivity contribution in [1.82, 2.24) is 14.5 Å². The third-order valence-corrected chi connectivity index (χ3v) is 6.20. The largest absolute Gasteiger partial charge is 0.366 e. The van der Waals surface area contributed by atoms with Crippen LogP contribution in [0.4, 0.5) is 0 Å². The van der Waals surface area contributed by atoms with Crippen LogP contribution in [0.15, 0.2) is 42.0 Å². The third kappa shape index (κ3) is 4.00. The number of hydrogen-bond donors (Lipinski definition) is 1. The quantitative estimate of drug-likeness (QED) is 0.484. The van der Waals surface area contributed by atoms with Crippen LogP contribution in [0.3, 0.4) is 0 Å². The van der Waals surface area contributed by atoms with E-state index in [0.717, 1.165) is 44.8 Å². The summed E-state index contributed by atoms with van der Waals surface area (Å²) in [7, 11) is 1.99. The highest BCUT2D eigenvalue weighted by atomic mass is 32.1. The van der Waals surface area contributed by atoms with Crippen molar-refractivity contribution in [2.45, 2.75) is 33.6 Å². The molecule has 4 rings (SSSR count). The topological polar surface area (TPSA) is 73.8 Å². The standard InChI is InChI=1S/C24H26N4OS/c1-14(2)7-17-8-15(3)19(24(25)29)9-18(17)11-23-27-21(12-30-23)16-5-6-22-20(10-16)26-13-28(22)4/h5-6,8-10,12-14H,7,11H2,1-4H3,(H2,25,29). The molecule has 0 spiro atoms. The summed E-state index contributed by atoms with van der Waals surface area (Å²) >= 11 is 1.64. The molecule has 2 N–H and O–H groups in total. The smallest absolute Gasteiger partial charge is 0.248 e. The summed E-state index contributed by atoms with van der Waals surface area (Å²) in [5, 5.41) is 3.11. The molecule has 0 unspecified atom stereocenters. The van der Waals surface area contributed by atoms with Gasteiger partial charge in [0.25, 0.3) is 0 Å². The monoisotopic (exact) mass is 418 g/mol. The first kappa shape index (κ1) is 20.3. The summed E-state index contributed by atoms with van der Waals surface area (Å²) in [6.07, 6.45) is 3.48. The lowest BCUT2D eigenvalue weighted by molar-refractivity contribution is 0.0999. The van der Waals surface area contributed by atoms with Gasteiger partial charge in [-0.25, -0.2) is 9.97 Å². The van der Waals surface area contributed by atoms with Gasteiger partial charge in [-0.05, 0) is 54.2 Å². The normalized spacial score (nSPS) is 11.5. The van der Waals surface area contributed by atoms with Gasteiger partial charge in [-0.15, -0.1) is 11.3 Å². The Morgan fingerprint density at radius 2 is 2.00 bits per heavy atom. The molecule has 0 atom stereocenters. The van der Waals surface area contributed by atoms with Crippen molar-refractivity contribution in [1.29, 1.82) is 0 Å². The fraction of sp³-hybridized carbons (Fsp3) is 0.292. The number of amides is 1. The molecule has 5 nitrogen and oxygen atoms in total. The van der Waals surface area contributed by atoms with Crippen LogP contribution in [0, 0.1) is 12.8 Å². The number of hydrogen-bond acceptors (Lipinski definition) is 4. The first-order chi connectivity index (χ1) is 14.3. The van der Waals surface area contributed by atoms with Crippen molar-refractivity contribution in [3.05, 3.63) is 69.3 Å². The van der Waals surface area contributed by atoms with E-state index in [2.05, 4.69) is 48.5 Å². The molecule has 0 radical (unpaired) electrons. The number of benzene rings is 2. The van der Waals surface area contributed by atoms with Crippen LogP contribution < -0.4 is 5.73 Å². The minimum absolute atomic E-state index is 0.381. The lowest BCUT2D eigenvalue weighted by Gasteiger charge is -2.14. The molecule has 1 amide bonds. The maximum atomic E-state index is 11.9. The van der Waals surface area contributed by atoms with E-state index >= 15 is 0 Å². The Morgan fingerprint density at radius 3 is 2.73 bits per heavy atom. The predicted octanol–water partition coefficient (Wildman–Crippen LogP) is 4.89. The second-order valence-corrected chi connectivity index (χ2v) is 9.20. The van der Waals surface area contributed by atoms with Crippen LogP contribution in [0.25, 0.3) is 22.3 Å². The predicted molar refractivity (Wildman–Crippen MR) is 123 cm³/mol. The highest BCUT2D eigenvalue weighted by Crippen LogP contribution is 2.28. The van der Waals surface area contributed by atoms with E-state index in [0.29, 0.717) is 17.9 Å². The summed E-state index contributed by atoms with van der Waals surface area (Å²) in [5.74, 6) is 0.146. The van der Waals surface area contributed by atoms with Gasteiger partial charge in [0.15, 0.2) is 0 Å². The van der Waals surface area contributed by atoms with Crippen molar-refractivity contribution in [3.63, 3.8) is 0 Å². The van der Waals surface area contributed by atoms with E-state index in [1.54, 1.807) is 11.3 Å². The van der Waals surface area contributed by atoms with Gasteiger partial charge in [-0.1, -0.05) is 26.0 Å². The summed E-state index contributed by atoms with van der Waals surface area (Å²) < 4.78 is 2.01. The van der Waals surface area contributed by atoms with Gasteiger partial charge in [0.1, 0.15) is 0 Å². The molecular formula is C24H26N4OS. The minimum atomic E-state index is -0.381. The number of fused-ring (bicyclic) bond motifs is 1. The van der Waals surface area contributed by atoms with Gasteiger partial charge in [0, 0.05) is 30.0 Å². The van der Waals surface area contributed by atoms with Gasteiger partial charge in [0.2, 0.25) is 5.91 Å². The number of carbonyl (C=O) groups is 1. The maximum absolute atomic E-state index is 11.9. The van der Waals surface area contributed by atoms with Gasteiger partial charge < -0.3 is 10.3 Å². The van der Waals surface area contributed by atoms with Crippen LogP contribution in [0.2, 0.25) is 0 Å². The van der Waals surface area contributed by atoms with E-state index in [4.69, 9.17) is 10.7 Å². The number of aromatic nitrogens is 3. The van der Waals surface area contributed by atoms with Crippen LogP contribution in [-0.2, 0) is 19.9 Å². The SMILES string of the molecule is Cc1cc(CC(C)C)c(Cc2nc(-c3ccc4c(c3)ncn4C)cs2)cc1C(N)=O. The number of primary amides is 1. The third-order valence-electron chi connectivity index (χ3n) is 5.35. The summed E-state index contributed by atoms with van der Waals surface area (Å²) in [6.45, 7) is 6.36. The van der Waals surface area contributed by atoms with E-state index in [9.17, 15) is 4.79 Å². The number of aryl methyl sites for hydroxylation is 2. The average Bonchev–Trinajstić information content (AvgIpc) is 3.30. The number of nitrogens with two attached hydrogens (primary N) is 1. The van der Waals surface area contributed by atoms with Crippen LogP contribution >= 0.6 is 11.3 Å². The lowest BCUT2D eigenvalue weighted by atomic mass is 9.92. The molecule has 0 saturated heterocycles. The van der Waals surface area contributed by atoms with Crippen LogP contribution in [0.1, 0.15) is 45.9 Å². The molecule has 0 saturated carbocycles. The maximum Gasteiger partial charge on any atom is 0.248 e. The molecule has 0 fully saturated rings. The fourth-order valence-corrected chi connectivity index (χ4v) is 4.68. The highest BCUT2D eigenvalue weighted by molar-refractivity contribution is 7.10. The van der Waals surface area contributed by atoms with E-state index in [1.165, 1.54) is 5.56 Å².